The Labute approximate surface area is 121 Å². The van der Waals surface area contributed by atoms with Crippen molar-refractivity contribution in [3.05, 3.63) is 46.7 Å². The highest BCUT2D eigenvalue weighted by Crippen LogP contribution is 2.35. The van der Waals surface area contributed by atoms with Gasteiger partial charge in [-0.1, -0.05) is 18.2 Å². The van der Waals surface area contributed by atoms with Gasteiger partial charge in [0.2, 0.25) is 5.88 Å². The average molecular weight is 333 g/mol. The van der Waals surface area contributed by atoms with Crippen molar-refractivity contribution in [3.8, 4) is 5.88 Å². The normalized spacial score (nSPS) is 11.4. The van der Waals surface area contributed by atoms with E-state index < -0.39 is 5.91 Å². The van der Waals surface area contributed by atoms with Gasteiger partial charge >= 0.3 is 5.91 Å². The molecule has 6 nitrogen and oxygen atoms in total. The van der Waals surface area contributed by atoms with Crippen LogP contribution in [0.5, 0.6) is 5.88 Å². The molecule has 0 bridgehead atoms. The van der Waals surface area contributed by atoms with E-state index in [0.717, 1.165) is 9.99 Å². The van der Waals surface area contributed by atoms with E-state index in [-0.39, 0.29) is 11.6 Å². The second-order valence-electron chi connectivity index (χ2n) is 4.10. The first-order chi connectivity index (χ1) is 9.65. The Kier molecular flexibility index (Phi) is 3.11. The van der Waals surface area contributed by atoms with Crippen molar-refractivity contribution in [2.75, 3.05) is 0 Å². The quantitative estimate of drug-likeness (QED) is 0.621. The first kappa shape index (κ1) is 12.6. The molecular formula is C13H9BrN4O2. The van der Waals surface area contributed by atoms with Gasteiger partial charge in [-0.25, -0.2) is 0 Å². The molecule has 3 rings (SSSR count). The second-order valence-corrected chi connectivity index (χ2v) is 5.02. The number of fused-ring (bicyclic) bond motifs is 1. The molecule has 0 saturated carbocycles. The molecule has 100 valence electrons. The molecule has 2 heterocycles. The molecule has 0 aliphatic carbocycles. The smallest absolute Gasteiger partial charge is 0.311 e. The van der Waals surface area contributed by atoms with Crippen LogP contribution in [-0.2, 0) is 0 Å². The third-order valence-electron chi connectivity index (χ3n) is 2.78. The molecule has 3 aromatic rings. The molecule has 0 spiro atoms. The second kappa shape index (κ2) is 4.93. The fourth-order valence-corrected chi connectivity index (χ4v) is 2.20. The maximum Gasteiger partial charge on any atom is 0.311 e. The minimum atomic E-state index is -0.514. The highest BCUT2D eigenvalue weighted by atomic mass is 79.9. The van der Waals surface area contributed by atoms with Gasteiger partial charge in [-0.2, -0.15) is 0 Å². The van der Waals surface area contributed by atoms with Crippen molar-refractivity contribution >= 4 is 38.4 Å². The van der Waals surface area contributed by atoms with Gasteiger partial charge in [0.25, 0.3) is 0 Å². The van der Waals surface area contributed by atoms with Crippen molar-refractivity contribution < 1.29 is 9.90 Å². The van der Waals surface area contributed by atoms with Gasteiger partial charge in [0.15, 0.2) is 5.69 Å². The van der Waals surface area contributed by atoms with Gasteiger partial charge in [0, 0.05) is 16.1 Å². The van der Waals surface area contributed by atoms with Crippen LogP contribution in [0.15, 0.2) is 51.2 Å². The summed E-state index contributed by atoms with van der Waals surface area (Å²) in [6, 6.07) is 8.85. The van der Waals surface area contributed by atoms with E-state index in [1.807, 2.05) is 12.1 Å². The predicted molar refractivity (Wildman–Crippen MR) is 77.3 cm³/mol. The summed E-state index contributed by atoms with van der Waals surface area (Å²) in [5.41, 5.74) is 1.30. The number of hydrogen-bond acceptors (Lipinski definition) is 3. The minimum absolute atomic E-state index is 0.115. The number of nitrogens with one attached hydrogen (secondary N) is 2. The first-order valence-electron chi connectivity index (χ1n) is 5.75. The molecule has 0 saturated heterocycles. The molecule has 1 amide bonds. The van der Waals surface area contributed by atoms with Crippen LogP contribution in [0.3, 0.4) is 0 Å². The fraction of sp³-hybridized carbons (Fsp3) is 0. The zero-order chi connectivity index (χ0) is 14.1. The lowest BCUT2D eigenvalue weighted by molar-refractivity contribution is 0.0991. The lowest BCUT2D eigenvalue weighted by Crippen LogP contribution is -1.92. The molecule has 0 radical (unpaired) electrons. The number of para-hydroxylation sites is 1. The number of azo groups is 1. The summed E-state index contributed by atoms with van der Waals surface area (Å²) in [6.45, 7) is 0. The van der Waals surface area contributed by atoms with Gasteiger partial charge in [-0.05, 0) is 28.1 Å². The van der Waals surface area contributed by atoms with Crippen molar-refractivity contribution in [2.45, 2.75) is 0 Å². The number of halogens is 1. The summed E-state index contributed by atoms with van der Waals surface area (Å²) in [6.07, 6.45) is 1.63. The molecule has 0 aliphatic heterocycles. The third-order valence-corrected chi connectivity index (χ3v) is 3.24. The average Bonchev–Trinajstić information content (AvgIpc) is 2.99. The lowest BCUT2D eigenvalue weighted by atomic mass is 10.2. The number of rotatable bonds is 2. The van der Waals surface area contributed by atoms with Crippen LogP contribution in [0.2, 0.25) is 0 Å². The summed E-state index contributed by atoms with van der Waals surface area (Å²) < 4.78 is 0.756. The van der Waals surface area contributed by atoms with Gasteiger partial charge < -0.3 is 15.1 Å². The van der Waals surface area contributed by atoms with Crippen LogP contribution in [0.25, 0.3) is 10.9 Å². The highest BCUT2D eigenvalue weighted by Gasteiger charge is 2.11. The van der Waals surface area contributed by atoms with Gasteiger partial charge in [0.05, 0.1) is 5.52 Å². The topological polar surface area (TPSA) is 93.6 Å². The summed E-state index contributed by atoms with van der Waals surface area (Å²) in [7, 11) is 0. The van der Waals surface area contributed by atoms with Crippen LogP contribution in [0, 0.1) is 0 Å². The Morgan fingerprint density at radius 2 is 2.10 bits per heavy atom. The molecule has 0 fully saturated rings. The third kappa shape index (κ3) is 2.23. The minimum Gasteiger partial charge on any atom is -0.493 e. The largest absolute Gasteiger partial charge is 0.493 e. The Bertz CT molecular complexity index is 819. The molecule has 7 heteroatoms. The number of nitrogens with zero attached hydrogens (tertiary/aromatic N) is 2. The molecule has 20 heavy (non-hydrogen) atoms. The van der Waals surface area contributed by atoms with Crippen molar-refractivity contribution in [2.24, 2.45) is 10.2 Å². The van der Waals surface area contributed by atoms with E-state index in [4.69, 9.17) is 0 Å². The summed E-state index contributed by atoms with van der Waals surface area (Å²) in [5, 5.41) is 17.9. The Morgan fingerprint density at radius 3 is 2.85 bits per heavy atom. The Hall–Kier alpha value is -2.41. The van der Waals surface area contributed by atoms with E-state index in [1.54, 1.807) is 24.4 Å². The zero-order valence-electron chi connectivity index (χ0n) is 10.1. The van der Waals surface area contributed by atoms with Gasteiger partial charge in [-0.3, -0.25) is 4.79 Å². The lowest BCUT2D eigenvalue weighted by Gasteiger charge is -1.91. The van der Waals surface area contributed by atoms with Crippen LogP contribution in [0.4, 0.5) is 5.69 Å². The van der Waals surface area contributed by atoms with Crippen molar-refractivity contribution in [3.63, 3.8) is 0 Å². The Balaban J connectivity index is 1.95. The van der Waals surface area contributed by atoms with Crippen molar-refractivity contribution in [1.82, 2.24) is 9.97 Å². The number of aromatic nitrogens is 2. The predicted octanol–water partition coefficient (Wildman–Crippen LogP) is 3.89. The van der Waals surface area contributed by atoms with E-state index in [9.17, 15) is 9.90 Å². The van der Waals surface area contributed by atoms with Gasteiger partial charge in [-0.15, -0.1) is 10.2 Å². The standard InChI is InChI=1S/C13H9BrN4O2/c14-7-5-10(15-6-7)12(19)18-17-11-8-3-1-2-4-9(8)16-13(11)20/h1-6,15-16,20H. The van der Waals surface area contributed by atoms with Crippen LogP contribution < -0.4 is 0 Å². The number of carbonyl (C=O) groups is 1. The first-order valence-corrected chi connectivity index (χ1v) is 6.54. The van der Waals surface area contributed by atoms with Crippen LogP contribution in [0.1, 0.15) is 10.5 Å². The molecule has 1 aromatic carbocycles. The van der Waals surface area contributed by atoms with E-state index in [1.165, 1.54) is 0 Å². The number of aromatic hydroxyl groups is 1. The van der Waals surface area contributed by atoms with Crippen LogP contribution in [-0.4, -0.2) is 21.0 Å². The fourth-order valence-electron chi connectivity index (χ4n) is 1.85. The number of hydrogen-bond donors (Lipinski definition) is 3. The van der Waals surface area contributed by atoms with E-state index in [2.05, 4.69) is 36.1 Å². The number of amides is 1. The molecule has 0 aliphatic rings. The van der Waals surface area contributed by atoms with E-state index in [0.29, 0.717) is 11.1 Å². The number of H-pyrrole nitrogens is 2. The highest BCUT2D eigenvalue weighted by molar-refractivity contribution is 9.10. The number of carbonyl (C=O) groups excluding carboxylic acids is 1. The van der Waals surface area contributed by atoms with Crippen LogP contribution >= 0.6 is 15.9 Å². The summed E-state index contributed by atoms with van der Waals surface area (Å²) >= 11 is 3.23. The molecule has 0 atom stereocenters. The zero-order valence-corrected chi connectivity index (χ0v) is 11.7. The molecule has 0 unspecified atom stereocenters. The summed E-state index contributed by atoms with van der Waals surface area (Å²) in [4.78, 5) is 17.3. The maximum atomic E-state index is 11.8. The molecule has 2 aromatic heterocycles. The van der Waals surface area contributed by atoms with E-state index >= 15 is 0 Å². The van der Waals surface area contributed by atoms with Gasteiger partial charge in [0.1, 0.15) is 5.69 Å². The molecular weight excluding hydrogens is 324 g/mol. The molecule has 3 N–H and O–H groups in total. The van der Waals surface area contributed by atoms with Crippen molar-refractivity contribution in [1.29, 1.82) is 0 Å². The maximum absolute atomic E-state index is 11.8. The Morgan fingerprint density at radius 1 is 1.30 bits per heavy atom. The number of benzene rings is 1. The SMILES string of the molecule is O=C(N=Nc1c(O)[nH]c2ccccc12)c1cc(Br)c[nH]1. The monoisotopic (exact) mass is 332 g/mol. The summed E-state index contributed by atoms with van der Waals surface area (Å²) in [5.74, 6) is -0.629. The number of aromatic amines is 2.